The molecule has 0 aromatic heterocycles. The molecule has 1 aliphatic heterocycles. The van der Waals surface area contributed by atoms with Crippen LogP contribution < -0.4 is 20.7 Å². The summed E-state index contributed by atoms with van der Waals surface area (Å²) >= 11 is 0. The van der Waals surface area contributed by atoms with Crippen LogP contribution in [-0.2, 0) is 16.1 Å². The van der Waals surface area contributed by atoms with Crippen molar-refractivity contribution in [3.05, 3.63) is 23.8 Å². The zero-order valence-corrected chi connectivity index (χ0v) is 9.11. The standard InChI is InChI=1S/C10H10F2N2O4/c11-10(12,9(15)14-13)18-4-6-1-2-7-8(3-6)17-5-16-7/h1-3H,4-5,13H2,(H,14,15). The molecule has 0 fully saturated rings. The molecule has 1 aromatic rings. The summed E-state index contributed by atoms with van der Waals surface area (Å²) in [6.45, 7) is -0.373. The van der Waals surface area contributed by atoms with Gasteiger partial charge >= 0.3 is 12.0 Å². The molecular weight excluding hydrogens is 250 g/mol. The Morgan fingerprint density at radius 3 is 2.89 bits per heavy atom. The van der Waals surface area contributed by atoms with Crippen molar-refractivity contribution in [3.8, 4) is 11.5 Å². The van der Waals surface area contributed by atoms with Crippen molar-refractivity contribution < 1.29 is 27.8 Å². The second-order valence-electron chi connectivity index (χ2n) is 3.47. The van der Waals surface area contributed by atoms with Crippen molar-refractivity contribution in [2.75, 3.05) is 6.79 Å². The Morgan fingerprint density at radius 2 is 2.17 bits per heavy atom. The Labute approximate surface area is 101 Å². The van der Waals surface area contributed by atoms with E-state index in [1.807, 2.05) is 0 Å². The van der Waals surface area contributed by atoms with E-state index in [0.717, 1.165) is 0 Å². The fourth-order valence-corrected chi connectivity index (χ4v) is 1.35. The Balaban J connectivity index is 2.00. The number of hydrazine groups is 1. The van der Waals surface area contributed by atoms with Gasteiger partial charge in [0.2, 0.25) is 6.79 Å². The second-order valence-corrected chi connectivity index (χ2v) is 3.47. The van der Waals surface area contributed by atoms with E-state index in [1.54, 1.807) is 6.07 Å². The largest absolute Gasteiger partial charge is 0.454 e. The maximum Gasteiger partial charge on any atom is 0.438 e. The Morgan fingerprint density at radius 1 is 1.44 bits per heavy atom. The monoisotopic (exact) mass is 260 g/mol. The topological polar surface area (TPSA) is 82.8 Å². The van der Waals surface area contributed by atoms with E-state index < -0.39 is 18.6 Å². The molecule has 0 saturated heterocycles. The second kappa shape index (κ2) is 4.75. The number of ether oxygens (including phenoxy) is 3. The molecule has 98 valence electrons. The highest BCUT2D eigenvalue weighted by Gasteiger charge is 2.40. The molecule has 0 bridgehead atoms. The van der Waals surface area contributed by atoms with Crippen molar-refractivity contribution in [2.45, 2.75) is 12.7 Å². The molecule has 1 heterocycles. The number of rotatable bonds is 4. The fraction of sp³-hybridized carbons (Fsp3) is 0.300. The van der Waals surface area contributed by atoms with Gasteiger partial charge in [-0.2, -0.15) is 8.78 Å². The summed E-state index contributed by atoms with van der Waals surface area (Å²) in [6, 6.07) is 4.60. The molecule has 2 rings (SSSR count). The number of amides is 1. The molecule has 0 saturated carbocycles. The van der Waals surface area contributed by atoms with Crippen LogP contribution in [0.25, 0.3) is 0 Å². The average Bonchev–Trinajstić information content (AvgIpc) is 2.82. The highest BCUT2D eigenvalue weighted by atomic mass is 19.3. The van der Waals surface area contributed by atoms with E-state index in [9.17, 15) is 13.6 Å². The summed E-state index contributed by atoms with van der Waals surface area (Å²) in [4.78, 5) is 10.7. The first-order chi connectivity index (χ1) is 8.53. The van der Waals surface area contributed by atoms with Crippen molar-refractivity contribution >= 4 is 5.91 Å². The molecule has 0 unspecified atom stereocenters. The quantitative estimate of drug-likeness (QED) is 0.468. The third-order valence-corrected chi connectivity index (χ3v) is 2.25. The predicted molar refractivity (Wildman–Crippen MR) is 54.6 cm³/mol. The van der Waals surface area contributed by atoms with Gasteiger partial charge in [0.25, 0.3) is 0 Å². The molecule has 0 atom stereocenters. The summed E-state index contributed by atoms with van der Waals surface area (Å²) in [7, 11) is 0. The minimum Gasteiger partial charge on any atom is -0.454 e. The van der Waals surface area contributed by atoms with Gasteiger partial charge in [-0.15, -0.1) is 0 Å². The molecule has 0 radical (unpaired) electrons. The number of benzene rings is 1. The van der Waals surface area contributed by atoms with Crippen molar-refractivity contribution in [2.24, 2.45) is 5.84 Å². The zero-order valence-electron chi connectivity index (χ0n) is 9.11. The zero-order chi connectivity index (χ0) is 13.2. The van der Waals surface area contributed by atoms with Gasteiger partial charge in [0.05, 0.1) is 6.61 Å². The van der Waals surface area contributed by atoms with Crippen LogP contribution in [0.15, 0.2) is 18.2 Å². The first kappa shape index (κ1) is 12.5. The van der Waals surface area contributed by atoms with Crippen LogP contribution in [0.5, 0.6) is 11.5 Å². The normalized spacial score (nSPS) is 13.5. The molecule has 1 amide bonds. The highest BCUT2D eigenvalue weighted by molar-refractivity contribution is 5.81. The SMILES string of the molecule is NNC(=O)C(F)(F)OCc1ccc2c(c1)OCO2. The van der Waals surface area contributed by atoms with Gasteiger partial charge in [-0.25, -0.2) is 5.84 Å². The predicted octanol–water partition coefficient (Wildman–Crippen LogP) is 0.515. The number of alkyl halides is 2. The van der Waals surface area contributed by atoms with Crippen molar-refractivity contribution in [3.63, 3.8) is 0 Å². The lowest BCUT2D eigenvalue weighted by Gasteiger charge is -2.14. The number of carbonyl (C=O) groups is 1. The van der Waals surface area contributed by atoms with E-state index in [4.69, 9.17) is 9.47 Å². The number of nitrogens with one attached hydrogen (secondary N) is 1. The Hall–Kier alpha value is -1.93. The minimum atomic E-state index is -3.98. The number of hydrogen-bond donors (Lipinski definition) is 2. The van der Waals surface area contributed by atoms with Crippen molar-refractivity contribution in [1.82, 2.24) is 5.43 Å². The molecule has 6 nitrogen and oxygen atoms in total. The van der Waals surface area contributed by atoms with Gasteiger partial charge < -0.3 is 14.2 Å². The third-order valence-electron chi connectivity index (χ3n) is 2.25. The molecule has 3 N–H and O–H groups in total. The highest BCUT2D eigenvalue weighted by Crippen LogP contribution is 2.33. The van der Waals surface area contributed by atoms with Gasteiger partial charge in [-0.1, -0.05) is 6.07 Å². The van der Waals surface area contributed by atoms with Gasteiger partial charge in [-0.05, 0) is 17.7 Å². The van der Waals surface area contributed by atoms with Crippen LogP contribution in [0.3, 0.4) is 0 Å². The van der Waals surface area contributed by atoms with Crippen molar-refractivity contribution in [1.29, 1.82) is 0 Å². The van der Waals surface area contributed by atoms with Gasteiger partial charge in [0, 0.05) is 0 Å². The van der Waals surface area contributed by atoms with E-state index in [-0.39, 0.29) is 6.79 Å². The number of halogens is 2. The van der Waals surface area contributed by atoms with Crippen LogP contribution in [0, 0.1) is 0 Å². The van der Waals surface area contributed by atoms with Crippen LogP contribution in [-0.4, -0.2) is 18.8 Å². The Kier molecular flexibility index (Phi) is 3.30. The minimum absolute atomic E-state index is 0.0887. The average molecular weight is 260 g/mol. The summed E-state index contributed by atoms with van der Waals surface area (Å²) < 4.78 is 40.4. The molecular formula is C10H10F2N2O4. The number of hydrogen-bond acceptors (Lipinski definition) is 5. The number of nitrogens with two attached hydrogens (primary N) is 1. The summed E-state index contributed by atoms with van der Waals surface area (Å²) in [5.41, 5.74) is 1.74. The lowest BCUT2D eigenvalue weighted by molar-refractivity contribution is -0.236. The molecule has 8 heteroatoms. The molecule has 0 aliphatic carbocycles. The number of fused-ring (bicyclic) bond motifs is 1. The molecule has 18 heavy (non-hydrogen) atoms. The summed E-state index contributed by atoms with van der Waals surface area (Å²) in [5, 5.41) is 0. The summed E-state index contributed by atoms with van der Waals surface area (Å²) in [5.74, 6) is 3.88. The number of carbonyl (C=O) groups excluding carboxylic acids is 1. The van der Waals surface area contributed by atoms with Crippen LogP contribution in [0.1, 0.15) is 5.56 Å². The Bertz CT molecular complexity index is 467. The van der Waals surface area contributed by atoms with Crippen LogP contribution in [0.4, 0.5) is 8.78 Å². The maximum atomic E-state index is 13.0. The first-order valence-corrected chi connectivity index (χ1v) is 4.94. The van der Waals surface area contributed by atoms with E-state index in [0.29, 0.717) is 17.1 Å². The molecule has 1 aromatic carbocycles. The van der Waals surface area contributed by atoms with E-state index in [2.05, 4.69) is 10.6 Å². The fourth-order valence-electron chi connectivity index (χ4n) is 1.35. The summed E-state index contributed by atoms with van der Waals surface area (Å²) in [6.07, 6.45) is -3.98. The van der Waals surface area contributed by atoms with Gasteiger partial charge in [-0.3, -0.25) is 10.2 Å². The van der Waals surface area contributed by atoms with Gasteiger partial charge in [0.1, 0.15) is 0 Å². The first-order valence-electron chi connectivity index (χ1n) is 4.94. The van der Waals surface area contributed by atoms with E-state index >= 15 is 0 Å². The lowest BCUT2D eigenvalue weighted by Crippen LogP contribution is -2.45. The third kappa shape index (κ3) is 2.49. The van der Waals surface area contributed by atoms with E-state index in [1.165, 1.54) is 17.6 Å². The van der Waals surface area contributed by atoms with Gasteiger partial charge in [0.15, 0.2) is 11.5 Å². The van der Waals surface area contributed by atoms with Crippen LogP contribution in [0.2, 0.25) is 0 Å². The lowest BCUT2D eigenvalue weighted by atomic mass is 10.2. The van der Waals surface area contributed by atoms with Crippen LogP contribution >= 0.6 is 0 Å². The molecule has 0 spiro atoms. The maximum absolute atomic E-state index is 13.0. The smallest absolute Gasteiger partial charge is 0.438 e. The molecule has 1 aliphatic rings.